The minimum atomic E-state index is 0. The van der Waals surface area contributed by atoms with E-state index in [-0.39, 0.29) is 12.4 Å². The average molecular weight is 328 g/mol. The molecular formula is C17H28ClN2O2-. The fourth-order valence-corrected chi connectivity index (χ4v) is 3.07. The van der Waals surface area contributed by atoms with Crippen LogP contribution < -0.4 is 27.2 Å². The minimum Gasteiger partial charge on any atom is -1.00 e. The molecule has 0 radical (unpaired) electrons. The molecule has 1 aliphatic rings. The maximum atomic E-state index is 5.36. The van der Waals surface area contributed by atoms with Gasteiger partial charge in [0.1, 0.15) is 0 Å². The fourth-order valence-electron chi connectivity index (χ4n) is 3.07. The second kappa shape index (κ2) is 8.61. The molecule has 2 rings (SSSR count). The monoisotopic (exact) mass is 327 g/mol. The second-order valence-corrected chi connectivity index (χ2v) is 6.18. The number of hydrogen-bond donors (Lipinski definition) is 1. The summed E-state index contributed by atoms with van der Waals surface area (Å²) in [6.45, 7) is 6.65. The van der Waals surface area contributed by atoms with E-state index in [2.05, 4.69) is 43.2 Å². The first-order valence-electron chi connectivity index (χ1n) is 7.69. The van der Waals surface area contributed by atoms with Crippen molar-refractivity contribution in [1.82, 2.24) is 10.2 Å². The zero-order valence-electron chi connectivity index (χ0n) is 14.2. The number of likely N-dealkylation sites (tertiary alicyclic amines) is 1. The van der Waals surface area contributed by atoms with Crippen molar-refractivity contribution in [3.63, 3.8) is 0 Å². The summed E-state index contributed by atoms with van der Waals surface area (Å²) in [5, 5.41) is 3.70. The van der Waals surface area contributed by atoms with Crippen molar-refractivity contribution in [1.29, 1.82) is 0 Å². The summed E-state index contributed by atoms with van der Waals surface area (Å²) in [5.74, 6) is 2.25. The van der Waals surface area contributed by atoms with Crippen LogP contribution >= 0.6 is 0 Å². The lowest BCUT2D eigenvalue weighted by Gasteiger charge is -2.40. The zero-order valence-corrected chi connectivity index (χ0v) is 15.0. The summed E-state index contributed by atoms with van der Waals surface area (Å²) < 4.78 is 10.6. The van der Waals surface area contributed by atoms with Gasteiger partial charge in [0, 0.05) is 25.2 Å². The highest BCUT2D eigenvalue weighted by Gasteiger charge is 2.28. The molecule has 1 aromatic rings. The van der Waals surface area contributed by atoms with E-state index < -0.39 is 0 Å². The van der Waals surface area contributed by atoms with Crippen LogP contribution in [-0.2, 0) is 6.54 Å². The Kier molecular flexibility index (Phi) is 7.46. The molecule has 0 aromatic heterocycles. The molecule has 1 aliphatic heterocycles. The highest BCUT2D eigenvalue weighted by molar-refractivity contribution is 5.42. The van der Waals surface area contributed by atoms with E-state index in [0.29, 0.717) is 18.0 Å². The molecule has 4 nitrogen and oxygen atoms in total. The molecule has 0 bridgehead atoms. The normalized spacial score (nSPS) is 25.4. The quantitative estimate of drug-likeness (QED) is 0.792. The van der Waals surface area contributed by atoms with Gasteiger partial charge in [0.25, 0.3) is 0 Å². The van der Waals surface area contributed by atoms with E-state index in [9.17, 15) is 0 Å². The van der Waals surface area contributed by atoms with Crippen molar-refractivity contribution in [2.24, 2.45) is 5.92 Å². The Balaban J connectivity index is 0.00000242. The predicted octanol–water partition coefficient (Wildman–Crippen LogP) is -0.474. The van der Waals surface area contributed by atoms with E-state index in [1.807, 2.05) is 6.07 Å². The van der Waals surface area contributed by atoms with Crippen LogP contribution in [0.3, 0.4) is 0 Å². The van der Waals surface area contributed by atoms with Gasteiger partial charge in [0.2, 0.25) is 0 Å². The number of piperidine rings is 1. The van der Waals surface area contributed by atoms with Crippen molar-refractivity contribution < 1.29 is 21.9 Å². The Morgan fingerprint density at radius 1 is 1.18 bits per heavy atom. The third kappa shape index (κ3) is 4.51. The number of nitrogens with zero attached hydrogens (tertiary/aromatic N) is 1. The van der Waals surface area contributed by atoms with Crippen LogP contribution in [0.5, 0.6) is 11.5 Å². The van der Waals surface area contributed by atoms with Gasteiger partial charge in [0.15, 0.2) is 11.5 Å². The summed E-state index contributed by atoms with van der Waals surface area (Å²) in [5.41, 5.74) is 1.23. The number of rotatable bonds is 5. The van der Waals surface area contributed by atoms with E-state index in [1.165, 1.54) is 12.0 Å². The predicted molar refractivity (Wildman–Crippen MR) is 86.0 cm³/mol. The Bertz CT molecular complexity index is 470. The number of halogens is 1. The fraction of sp³-hybridized carbons (Fsp3) is 0.647. The van der Waals surface area contributed by atoms with Gasteiger partial charge in [-0.2, -0.15) is 0 Å². The largest absolute Gasteiger partial charge is 1.00 e. The second-order valence-electron chi connectivity index (χ2n) is 6.18. The Morgan fingerprint density at radius 3 is 2.50 bits per heavy atom. The highest BCUT2D eigenvalue weighted by atomic mass is 35.5. The van der Waals surface area contributed by atoms with E-state index >= 15 is 0 Å². The third-order valence-electron chi connectivity index (χ3n) is 4.63. The molecule has 1 heterocycles. The summed E-state index contributed by atoms with van der Waals surface area (Å²) in [7, 11) is 5.55. The first-order chi connectivity index (χ1) is 10.0. The Labute approximate surface area is 140 Å². The average Bonchev–Trinajstić information content (AvgIpc) is 2.49. The van der Waals surface area contributed by atoms with Crippen LogP contribution in [-0.4, -0.2) is 44.8 Å². The zero-order chi connectivity index (χ0) is 15.4. The van der Waals surface area contributed by atoms with Crippen LogP contribution in [0.15, 0.2) is 18.2 Å². The lowest BCUT2D eigenvalue weighted by Crippen LogP contribution is -3.00. The Morgan fingerprint density at radius 2 is 1.86 bits per heavy atom. The van der Waals surface area contributed by atoms with Crippen LogP contribution in [0.1, 0.15) is 25.8 Å². The lowest BCUT2D eigenvalue weighted by molar-refractivity contribution is -0.00000519. The molecule has 0 spiro atoms. The number of benzene rings is 1. The summed E-state index contributed by atoms with van der Waals surface area (Å²) >= 11 is 0. The highest BCUT2D eigenvalue weighted by Crippen LogP contribution is 2.28. The maximum absolute atomic E-state index is 5.36. The number of ether oxygens (including phenoxy) is 2. The van der Waals surface area contributed by atoms with Gasteiger partial charge in [-0.3, -0.25) is 0 Å². The standard InChI is InChI=1S/C17H28N2O2.ClH/c1-12-11-19(3)13(2)8-15(12)18-10-14-6-7-16(20-4)17(9-14)21-5;/h6-7,9,12-13,15,18H,8,10-11H2,1-5H3;1H/p-1. The van der Waals surface area contributed by atoms with E-state index in [1.54, 1.807) is 14.2 Å². The molecule has 0 saturated carbocycles. The minimum absolute atomic E-state index is 0. The topological polar surface area (TPSA) is 33.7 Å². The summed E-state index contributed by atoms with van der Waals surface area (Å²) in [6.07, 6.45) is 1.20. The van der Waals surface area contributed by atoms with Crippen LogP contribution in [0.25, 0.3) is 0 Å². The van der Waals surface area contributed by atoms with Crippen LogP contribution in [0, 0.1) is 5.92 Å². The van der Waals surface area contributed by atoms with Crippen molar-refractivity contribution in [2.75, 3.05) is 27.8 Å². The van der Waals surface area contributed by atoms with Gasteiger partial charge in [-0.15, -0.1) is 0 Å². The lowest BCUT2D eigenvalue weighted by atomic mass is 9.89. The van der Waals surface area contributed by atoms with Gasteiger partial charge in [-0.1, -0.05) is 13.0 Å². The van der Waals surface area contributed by atoms with Crippen molar-refractivity contribution >= 4 is 0 Å². The van der Waals surface area contributed by atoms with E-state index in [4.69, 9.17) is 9.47 Å². The first-order valence-corrected chi connectivity index (χ1v) is 7.69. The first kappa shape index (κ1) is 19.1. The van der Waals surface area contributed by atoms with Crippen molar-refractivity contribution in [2.45, 2.75) is 38.9 Å². The SMILES string of the molecule is COc1ccc(CNC2CC(C)N(C)CC2C)cc1OC.[Cl-]. The molecule has 0 amide bonds. The molecule has 1 N–H and O–H groups in total. The molecule has 3 unspecified atom stereocenters. The van der Waals surface area contributed by atoms with Gasteiger partial charge in [0.05, 0.1) is 14.2 Å². The number of hydrogen-bond acceptors (Lipinski definition) is 4. The maximum Gasteiger partial charge on any atom is 0.161 e. The molecule has 5 heteroatoms. The van der Waals surface area contributed by atoms with Gasteiger partial charge in [-0.25, -0.2) is 0 Å². The van der Waals surface area contributed by atoms with Crippen LogP contribution in [0.2, 0.25) is 0 Å². The van der Waals surface area contributed by atoms with Crippen molar-refractivity contribution in [3.05, 3.63) is 23.8 Å². The van der Waals surface area contributed by atoms with E-state index in [0.717, 1.165) is 24.6 Å². The van der Waals surface area contributed by atoms with Gasteiger partial charge >= 0.3 is 0 Å². The molecule has 1 aromatic carbocycles. The van der Waals surface area contributed by atoms with Crippen LogP contribution in [0.4, 0.5) is 0 Å². The molecule has 1 saturated heterocycles. The smallest absolute Gasteiger partial charge is 0.161 e. The molecule has 3 atom stereocenters. The summed E-state index contributed by atoms with van der Waals surface area (Å²) in [4.78, 5) is 2.44. The molecule has 126 valence electrons. The molecule has 22 heavy (non-hydrogen) atoms. The number of nitrogens with one attached hydrogen (secondary N) is 1. The van der Waals surface area contributed by atoms with Crippen molar-refractivity contribution in [3.8, 4) is 11.5 Å². The van der Waals surface area contributed by atoms with Gasteiger partial charge in [-0.05, 0) is 44.0 Å². The molecule has 1 fully saturated rings. The molecule has 0 aliphatic carbocycles. The third-order valence-corrected chi connectivity index (χ3v) is 4.63. The number of methoxy groups -OCH3 is 2. The molecular weight excluding hydrogens is 300 g/mol. The summed E-state index contributed by atoms with van der Waals surface area (Å²) in [6, 6.07) is 7.33. The van der Waals surface area contributed by atoms with Gasteiger partial charge < -0.3 is 32.1 Å². The Hall–Kier alpha value is -0.970.